The van der Waals surface area contributed by atoms with Gasteiger partial charge in [0.1, 0.15) is 6.54 Å². The van der Waals surface area contributed by atoms with Crippen molar-refractivity contribution in [2.24, 2.45) is 0 Å². The Labute approximate surface area is 79.8 Å². The molecular weight excluding hydrogens is 186 g/mol. The van der Waals surface area contributed by atoms with Gasteiger partial charge >= 0.3 is 11.7 Å². The molecule has 6 heteroatoms. The molecule has 2 rings (SSSR count). The van der Waals surface area contributed by atoms with Gasteiger partial charge in [0, 0.05) is 13.1 Å². The Hall–Kier alpha value is -1.56. The van der Waals surface area contributed by atoms with Crippen molar-refractivity contribution < 1.29 is 9.90 Å². The van der Waals surface area contributed by atoms with E-state index in [9.17, 15) is 9.59 Å². The number of rotatable bonds is 2. The molecule has 2 heterocycles. The van der Waals surface area contributed by atoms with Crippen molar-refractivity contribution in [2.45, 2.75) is 19.6 Å². The molecule has 0 bridgehead atoms. The molecule has 1 aliphatic heterocycles. The maximum atomic E-state index is 11.3. The Morgan fingerprint density at radius 3 is 2.93 bits per heavy atom. The van der Waals surface area contributed by atoms with Crippen molar-refractivity contribution in [1.29, 1.82) is 0 Å². The second-order valence-electron chi connectivity index (χ2n) is 3.51. The van der Waals surface area contributed by atoms with Crippen molar-refractivity contribution >= 4 is 5.97 Å². The average Bonchev–Trinajstić information content (AvgIpc) is 2.51. The molecule has 0 saturated heterocycles. The van der Waals surface area contributed by atoms with Crippen molar-refractivity contribution in [3.63, 3.8) is 0 Å². The van der Waals surface area contributed by atoms with Gasteiger partial charge in [-0.05, 0) is 7.05 Å². The van der Waals surface area contributed by atoms with Crippen LogP contribution in [0, 0.1) is 0 Å². The lowest BCUT2D eigenvalue weighted by Gasteiger charge is -2.06. The minimum Gasteiger partial charge on any atom is -0.480 e. The first-order valence-corrected chi connectivity index (χ1v) is 4.29. The van der Waals surface area contributed by atoms with E-state index in [0.29, 0.717) is 13.1 Å². The van der Waals surface area contributed by atoms with E-state index in [1.165, 1.54) is 4.57 Å². The molecule has 0 unspecified atom stereocenters. The fourth-order valence-corrected chi connectivity index (χ4v) is 1.75. The number of fused-ring (bicyclic) bond motifs is 1. The van der Waals surface area contributed by atoms with E-state index in [2.05, 4.69) is 4.98 Å². The van der Waals surface area contributed by atoms with Crippen LogP contribution in [0.15, 0.2) is 4.79 Å². The highest BCUT2D eigenvalue weighted by molar-refractivity contribution is 5.66. The number of aromatic amines is 1. The molecule has 6 nitrogen and oxygen atoms in total. The Kier molecular flexibility index (Phi) is 1.92. The number of nitrogens with zero attached hydrogens (tertiary/aromatic N) is 2. The van der Waals surface area contributed by atoms with Crippen LogP contribution in [0.1, 0.15) is 11.4 Å². The first-order chi connectivity index (χ1) is 6.58. The molecule has 0 spiro atoms. The van der Waals surface area contributed by atoms with Crippen LogP contribution in [-0.4, -0.2) is 32.6 Å². The molecule has 1 aromatic rings. The molecule has 0 atom stereocenters. The summed E-state index contributed by atoms with van der Waals surface area (Å²) in [7, 11) is 1.92. The summed E-state index contributed by atoms with van der Waals surface area (Å²) in [5, 5.41) is 8.62. The highest BCUT2D eigenvalue weighted by atomic mass is 16.4. The lowest BCUT2D eigenvalue weighted by atomic mass is 10.4. The molecule has 2 N–H and O–H groups in total. The van der Waals surface area contributed by atoms with Crippen molar-refractivity contribution in [1.82, 2.24) is 14.5 Å². The Balaban J connectivity index is 2.41. The quantitative estimate of drug-likeness (QED) is 0.651. The van der Waals surface area contributed by atoms with E-state index >= 15 is 0 Å². The average molecular weight is 197 g/mol. The summed E-state index contributed by atoms with van der Waals surface area (Å²) >= 11 is 0. The molecule has 1 aromatic heterocycles. The van der Waals surface area contributed by atoms with E-state index in [1.807, 2.05) is 11.9 Å². The van der Waals surface area contributed by atoms with Crippen LogP contribution in [0.3, 0.4) is 0 Å². The number of aliphatic carboxylic acids is 1. The topological polar surface area (TPSA) is 78.3 Å². The molecule has 0 radical (unpaired) electrons. The van der Waals surface area contributed by atoms with Gasteiger partial charge in [0.05, 0.1) is 11.4 Å². The molecule has 0 aliphatic carbocycles. The summed E-state index contributed by atoms with van der Waals surface area (Å²) in [5.74, 6) is -0.997. The molecule has 0 aromatic carbocycles. The lowest BCUT2D eigenvalue weighted by molar-refractivity contribution is -0.137. The third-order valence-electron chi connectivity index (χ3n) is 2.32. The predicted molar refractivity (Wildman–Crippen MR) is 47.9 cm³/mol. The van der Waals surface area contributed by atoms with Crippen LogP contribution >= 0.6 is 0 Å². The number of carbonyl (C=O) groups is 1. The van der Waals surface area contributed by atoms with Gasteiger partial charge in [-0.1, -0.05) is 0 Å². The normalized spacial score (nSPS) is 15.8. The first-order valence-electron chi connectivity index (χ1n) is 4.29. The van der Waals surface area contributed by atoms with Crippen LogP contribution in [0.4, 0.5) is 0 Å². The maximum Gasteiger partial charge on any atom is 0.326 e. The maximum absolute atomic E-state index is 11.3. The highest BCUT2D eigenvalue weighted by Gasteiger charge is 2.23. The van der Waals surface area contributed by atoms with E-state index in [4.69, 9.17) is 5.11 Å². The fraction of sp³-hybridized carbons (Fsp3) is 0.500. The standard InChI is InChI=1S/C8H11N3O3/c1-10-2-5-6(3-10)11(4-7(12)13)8(14)9-5/h2-4H2,1H3,(H,9,14)(H,12,13). The van der Waals surface area contributed by atoms with Crippen LogP contribution in [0.5, 0.6) is 0 Å². The summed E-state index contributed by atoms with van der Waals surface area (Å²) in [5.41, 5.74) is 1.30. The Morgan fingerprint density at radius 1 is 1.57 bits per heavy atom. The molecule has 0 amide bonds. The van der Waals surface area contributed by atoms with E-state index in [-0.39, 0.29) is 12.2 Å². The number of H-pyrrole nitrogens is 1. The van der Waals surface area contributed by atoms with Gasteiger partial charge in [0.2, 0.25) is 0 Å². The zero-order valence-electron chi connectivity index (χ0n) is 7.78. The summed E-state index contributed by atoms with van der Waals surface area (Å²) < 4.78 is 1.28. The fourth-order valence-electron chi connectivity index (χ4n) is 1.75. The number of aromatic nitrogens is 2. The van der Waals surface area contributed by atoms with Gasteiger partial charge in [-0.25, -0.2) is 4.79 Å². The summed E-state index contributed by atoms with van der Waals surface area (Å²) in [6.07, 6.45) is 0. The Morgan fingerprint density at radius 2 is 2.29 bits per heavy atom. The van der Waals surface area contributed by atoms with Crippen molar-refractivity contribution in [3.8, 4) is 0 Å². The third-order valence-corrected chi connectivity index (χ3v) is 2.32. The monoisotopic (exact) mass is 197 g/mol. The van der Waals surface area contributed by atoms with E-state index in [1.54, 1.807) is 0 Å². The summed E-state index contributed by atoms with van der Waals surface area (Å²) in [6, 6.07) is 0. The molecule has 0 saturated carbocycles. The summed E-state index contributed by atoms with van der Waals surface area (Å²) in [4.78, 5) is 26.5. The van der Waals surface area contributed by atoms with Crippen LogP contribution in [0.25, 0.3) is 0 Å². The largest absolute Gasteiger partial charge is 0.480 e. The second-order valence-corrected chi connectivity index (χ2v) is 3.51. The van der Waals surface area contributed by atoms with Gasteiger partial charge in [-0.2, -0.15) is 0 Å². The minimum absolute atomic E-state index is 0.265. The van der Waals surface area contributed by atoms with Gasteiger partial charge in [-0.3, -0.25) is 14.3 Å². The van der Waals surface area contributed by atoms with E-state index < -0.39 is 5.97 Å². The van der Waals surface area contributed by atoms with Crippen LogP contribution in [0.2, 0.25) is 0 Å². The molecule has 1 aliphatic rings. The SMILES string of the molecule is CN1Cc2[nH]c(=O)n(CC(=O)O)c2C1. The van der Waals surface area contributed by atoms with Gasteiger partial charge in [0.15, 0.2) is 0 Å². The highest BCUT2D eigenvalue weighted by Crippen LogP contribution is 2.17. The van der Waals surface area contributed by atoms with Crippen LogP contribution in [-0.2, 0) is 24.4 Å². The van der Waals surface area contributed by atoms with Gasteiger partial charge in [0.25, 0.3) is 0 Å². The molecule has 76 valence electrons. The van der Waals surface area contributed by atoms with Gasteiger partial charge in [-0.15, -0.1) is 0 Å². The lowest BCUT2D eigenvalue weighted by Crippen LogP contribution is -2.25. The van der Waals surface area contributed by atoms with Crippen LogP contribution < -0.4 is 5.69 Å². The van der Waals surface area contributed by atoms with Crippen molar-refractivity contribution in [3.05, 3.63) is 21.9 Å². The number of nitrogens with one attached hydrogen (secondary N) is 1. The second kappa shape index (κ2) is 2.98. The Bertz CT molecular complexity index is 432. The third kappa shape index (κ3) is 1.33. The number of imidazole rings is 1. The zero-order chi connectivity index (χ0) is 10.3. The predicted octanol–water partition coefficient (Wildman–Crippen LogP) is -0.794. The molecular formula is C8H11N3O3. The first kappa shape index (κ1) is 9.01. The minimum atomic E-state index is -0.997. The zero-order valence-corrected chi connectivity index (χ0v) is 7.78. The smallest absolute Gasteiger partial charge is 0.326 e. The van der Waals surface area contributed by atoms with Crippen molar-refractivity contribution in [2.75, 3.05) is 7.05 Å². The number of hydrogen-bond donors (Lipinski definition) is 2. The number of hydrogen-bond acceptors (Lipinski definition) is 3. The molecule has 14 heavy (non-hydrogen) atoms. The molecule has 0 fully saturated rings. The number of carboxylic acids is 1. The number of carboxylic acid groups (broad SMARTS) is 1. The van der Waals surface area contributed by atoms with E-state index in [0.717, 1.165) is 11.4 Å². The summed E-state index contributed by atoms with van der Waals surface area (Å²) in [6.45, 7) is 1.04. The van der Waals surface area contributed by atoms with Gasteiger partial charge < -0.3 is 10.1 Å².